The van der Waals surface area contributed by atoms with Crippen molar-refractivity contribution in [2.45, 2.75) is 20.0 Å². The Kier molecular flexibility index (Phi) is 4.70. The number of amides is 1. The Balaban J connectivity index is 2.08. The summed E-state index contributed by atoms with van der Waals surface area (Å²) in [7, 11) is 0. The number of amidine groups is 1. The predicted octanol–water partition coefficient (Wildman–Crippen LogP) is 2.33. The Hall–Kier alpha value is -2.89. The molecular weight excluding hydrogens is 338 g/mol. The van der Waals surface area contributed by atoms with Crippen LogP contribution in [0.15, 0.2) is 34.3 Å². The summed E-state index contributed by atoms with van der Waals surface area (Å²) in [6.45, 7) is 3.79. The molecule has 3 rings (SSSR count). The van der Waals surface area contributed by atoms with Crippen LogP contribution in [0.4, 0.5) is 0 Å². The number of carbonyl (C=O) groups is 1. The van der Waals surface area contributed by atoms with Crippen LogP contribution in [0.1, 0.15) is 25.0 Å². The molecule has 2 aromatic rings. The zero-order valence-corrected chi connectivity index (χ0v) is 14.4. The van der Waals surface area contributed by atoms with Gasteiger partial charge in [0.1, 0.15) is 17.4 Å². The van der Waals surface area contributed by atoms with Crippen molar-refractivity contribution in [2.24, 2.45) is 10.8 Å². The monoisotopic (exact) mass is 353 g/mol. The summed E-state index contributed by atoms with van der Waals surface area (Å²) >= 11 is 1.17. The molecule has 1 aliphatic rings. The van der Waals surface area contributed by atoms with Crippen molar-refractivity contribution in [1.29, 1.82) is 5.26 Å². The van der Waals surface area contributed by atoms with Gasteiger partial charge in [-0.05, 0) is 49.4 Å². The number of fused-ring (bicyclic) bond motifs is 1. The number of benzene rings is 1. The van der Waals surface area contributed by atoms with Gasteiger partial charge in [-0.25, -0.2) is 5.84 Å². The lowest BCUT2D eigenvalue weighted by molar-refractivity contribution is -0.113. The number of hydrogen-bond acceptors (Lipinski definition) is 7. The molecule has 25 heavy (non-hydrogen) atoms. The van der Waals surface area contributed by atoms with Crippen molar-refractivity contribution < 1.29 is 9.53 Å². The molecule has 0 unspecified atom stereocenters. The normalized spacial score (nSPS) is 15.6. The lowest BCUT2D eigenvalue weighted by atomic mass is 10.1. The van der Waals surface area contributed by atoms with Gasteiger partial charge in [-0.1, -0.05) is 6.07 Å². The van der Waals surface area contributed by atoms with E-state index in [1.807, 2.05) is 32.0 Å². The number of rotatable bonds is 3. The minimum Gasteiger partial charge on any atom is -0.489 e. The fourth-order valence-corrected chi connectivity index (χ4v) is 3.06. The van der Waals surface area contributed by atoms with Crippen molar-refractivity contribution in [3.63, 3.8) is 0 Å². The molecule has 0 saturated heterocycles. The maximum Gasteiger partial charge on any atom is 0.286 e. The molecule has 0 aliphatic carbocycles. The van der Waals surface area contributed by atoms with Crippen LogP contribution in [0, 0.1) is 11.3 Å². The fraction of sp³-hybridized carbons (Fsp3) is 0.176. The van der Waals surface area contributed by atoms with Crippen molar-refractivity contribution in [2.75, 3.05) is 0 Å². The van der Waals surface area contributed by atoms with E-state index in [1.165, 1.54) is 18.0 Å². The number of hydrogen-bond donors (Lipinski definition) is 2. The highest BCUT2D eigenvalue weighted by molar-refractivity contribution is 8.18. The Bertz CT molecular complexity index is 959. The quantitative estimate of drug-likeness (QED) is 0.494. The van der Waals surface area contributed by atoms with Crippen LogP contribution in [0.25, 0.3) is 17.0 Å². The van der Waals surface area contributed by atoms with E-state index in [9.17, 15) is 10.1 Å². The second-order valence-electron chi connectivity index (χ2n) is 5.53. The second-order valence-corrected chi connectivity index (χ2v) is 6.56. The summed E-state index contributed by atoms with van der Waals surface area (Å²) < 4.78 is 5.83. The van der Waals surface area contributed by atoms with Gasteiger partial charge < -0.3 is 10.2 Å². The van der Waals surface area contributed by atoms with Crippen LogP contribution in [0.3, 0.4) is 0 Å². The maximum atomic E-state index is 11.9. The predicted molar refractivity (Wildman–Crippen MR) is 97.6 cm³/mol. The number of nitrogens with two attached hydrogens (primary N) is 1. The number of nitrogens with zero attached hydrogens (tertiary/aromatic N) is 3. The molecule has 2 heterocycles. The molecule has 1 aromatic heterocycles. The van der Waals surface area contributed by atoms with Crippen LogP contribution < -0.4 is 16.0 Å². The first kappa shape index (κ1) is 17.0. The molecule has 1 aromatic carbocycles. The molecule has 7 nitrogen and oxygen atoms in total. The molecule has 0 fully saturated rings. The fourth-order valence-electron chi connectivity index (χ4n) is 2.34. The lowest BCUT2D eigenvalue weighted by Gasteiger charge is -2.14. The second kappa shape index (κ2) is 6.93. The van der Waals surface area contributed by atoms with E-state index in [0.717, 1.165) is 10.9 Å². The van der Waals surface area contributed by atoms with E-state index in [-0.39, 0.29) is 12.0 Å². The molecule has 3 N–H and O–H groups in total. The van der Waals surface area contributed by atoms with Gasteiger partial charge in [-0.3, -0.25) is 9.78 Å². The number of thioether (sulfide) groups is 1. The number of aromatic nitrogens is 1. The zero-order chi connectivity index (χ0) is 18.0. The third-order valence-electron chi connectivity index (χ3n) is 3.36. The van der Waals surface area contributed by atoms with E-state index in [4.69, 9.17) is 10.6 Å². The average molecular weight is 353 g/mol. The lowest BCUT2D eigenvalue weighted by Crippen LogP contribution is -2.26. The molecule has 126 valence electrons. The van der Waals surface area contributed by atoms with Gasteiger partial charge in [0.2, 0.25) is 0 Å². The van der Waals surface area contributed by atoms with Crippen LogP contribution >= 0.6 is 11.8 Å². The smallest absolute Gasteiger partial charge is 0.286 e. The Morgan fingerprint density at radius 1 is 1.44 bits per heavy atom. The molecule has 1 amide bonds. The molecule has 0 radical (unpaired) electrons. The molecular formula is C17H15N5O2S. The molecule has 0 spiro atoms. The number of carbonyl (C=O) groups excluding carboxylic acids is 1. The maximum absolute atomic E-state index is 11.9. The number of nitriles is 1. The molecule has 0 bridgehead atoms. The molecule has 1 aliphatic heterocycles. The Morgan fingerprint density at radius 2 is 2.24 bits per heavy atom. The summed E-state index contributed by atoms with van der Waals surface area (Å²) in [5.74, 6) is 5.44. The van der Waals surface area contributed by atoms with Gasteiger partial charge in [0, 0.05) is 11.6 Å². The first-order valence-electron chi connectivity index (χ1n) is 7.50. The first-order chi connectivity index (χ1) is 12.0. The SMILES string of the molecule is CC(C)Oc1c(C#N)cnc2ccc(/C=C3\SC(NN)=NC3=O)cc12. The Labute approximate surface area is 148 Å². The summed E-state index contributed by atoms with van der Waals surface area (Å²) in [6, 6.07) is 7.61. The standard InChI is InChI=1S/C17H15N5O2S/c1-9(2)24-15-11(7-18)8-20-13-4-3-10(5-12(13)15)6-14-16(23)21-17(22-19)25-14/h3-6,8-9H,19H2,1-2H3,(H,21,22,23)/b14-6-. The van der Waals surface area contributed by atoms with Crippen LogP contribution in [-0.4, -0.2) is 22.2 Å². The summed E-state index contributed by atoms with van der Waals surface area (Å²) in [4.78, 5) is 20.4. The summed E-state index contributed by atoms with van der Waals surface area (Å²) in [6.07, 6.45) is 3.14. The number of hydrazine groups is 1. The highest BCUT2D eigenvalue weighted by Gasteiger charge is 2.21. The van der Waals surface area contributed by atoms with E-state index < -0.39 is 0 Å². The highest BCUT2D eigenvalue weighted by atomic mass is 32.2. The highest BCUT2D eigenvalue weighted by Crippen LogP contribution is 2.32. The van der Waals surface area contributed by atoms with Gasteiger partial charge in [0.25, 0.3) is 5.91 Å². The van der Waals surface area contributed by atoms with Gasteiger partial charge in [0.15, 0.2) is 5.17 Å². The average Bonchev–Trinajstić information content (AvgIpc) is 2.95. The van der Waals surface area contributed by atoms with Gasteiger partial charge in [-0.2, -0.15) is 10.3 Å². The third-order valence-corrected chi connectivity index (χ3v) is 4.27. The summed E-state index contributed by atoms with van der Waals surface area (Å²) in [5, 5.41) is 10.4. The molecule has 0 atom stereocenters. The van der Waals surface area contributed by atoms with Crippen LogP contribution in [0.5, 0.6) is 5.75 Å². The van der Waals surface area contributed by atoms with Crippen LogP contribution in [-0.2, 0) is 4.79 Å². The molecule has 8 heteroatoms. The van der Waals surface area contributed by atoms with Crippen molar-refractivity contribution >= 4 is 39.8 Å². The van der Waals surface area contributed by atoms with Crippen LogP contribution in [0.2, 0.25) is 0 Å². The number of nitrogens with one attached hydrogen (secondary N) is 1. The van der Waals surface area contributed by atoms with E-state index in [0.29, 0.717) is 26.9 Å². The van der Waals surface area contributed by atoms with E-state index in [2.05, 4.69) is 21.5 Å². The minimum atomic E-state index is -0.347. The van der Waals surface area contributed by atoms with Gasteiger partial charge in [0.05, 0.1) is 16.5 Å². The largest absolute Gasteiger partial charge is 0.489 e. The van der Waals surface area contributed by atoms with Gasteiger partial charge >= 0.3 is 0 Å². The third kappa shape index (κ3) is 3.47. The van der Waals surface area contributed by atoms with Crippen molar-refractivity contribution in [3.05, 3.63) is 40.4 Å². The van der Waals surface area contributed by atoms with Crippen molar-refractivity contribution in [3.8, 4) is 11.8 Å². The number of ether oxygens (including phenoxy) is 1. The summed E-state index contributed by atoms with van der Waals surface area (Å²) in [5.41, 5.74) is 4.23. The van der Waals surface area contributed by atoms with E-state index >= 15 is 0 Å². The van der Waals surface area contributed by atoms with Crippen molar-refractivity contribution in [1.82, 2.24) is 10.4 Å². The zero-order valence-electron chi connectivity index (χ0n) is 13.6. The topological polar surface area (TPSA) is 113 Å². The number of pyridine rings is 1. The minimum absolute atomic E-state index is 0.0849. The Morgan fingerprint density at radius 3 is 2.88 bits per heavy atom. The first-order valence-corrected chi connectivity index (χ1v) is 8.32. The molecule has 0 saturated carbocycles. The van der Waals surface area contributed by atoms with Gasteiger partial charge in [-0.15, -0.1) is 0 Å². The number of aliphatic imine (C=N–C) groups is 1. The van der Waals surface area contributed by atoms with E-state index in [1.54, 1.807) is 6.08 Å².